The number of rotatable bonds is 7. The molecule has 3 aromatic rings. The minimum absolute atomic E-state index is 0.0681. The lowest BCUT2D eigenvalue weighted by atomic mass is 9.94. The Morgan fingerprint density at radius 3 is 2.58 bits per heavy atom. The zero-order chi connectivity index (χ0) is 25.3. The number of non-ortho nitro benzene ring substituents is 1. The first-order valence-electron chi connectivity index (χ1n) is 12.2. The van der Waals surface area contributed by atoms with Crippen LogP contribution >= 0.6 is 0 Å². The van der Waals surface area contributed by atoms with Crippen molar-refractivity contribution in [3.05, 3.63) is 98.6 Å². The van der Waals surface area contributed by atoms with Crippen LogP contribution in [0.2, 0.25) is 0 Å². The quantitative estimate of drug-likeness (QED) is 0.262. The van der Waals surface area contributed by atoms with E-state index in [1.165, 1.54) is 17.7 Å². The van der Waals surface area contributed by atoms with Crippen LogP contribution in [-0.4, -0.2) is 17.1 Å². The van der Waals surface area contributed by atoms with Crippen molar-refractivity contribution in [1.82, 2.24) is 0 Å². The van der Waals surface area contributed by atoms with Gasteiger partial charge in [-0.25, -0.2) is 0 Å². The van der Waals surface area contributed by atoms with Gasteiger partial charge in [-0.3, -0.25) is 10.1 Å². The number of nitro benzene ring substituents is 1. The van der Waals surface area contributed by atoms with Gasteiger partial charge in [0.2, 0.25) is 0 Å². The molecule has 5 rings (SSSR count). The van der Waals surface area contributed by atoms with Crippen molar-refractivity contribution in [3.63, 3.8) is 0 Å². The van der Waals surface area contributed by atoms with Gasteiger partial charge < -0.3 is 14.2 Å². The van der Waals surface area contributed by atoms with Crippen LogP contribution in [-0.2, 0) is 13.0 Å². The highest BCUT2D eigenvalue weighted by Crippen LogP contribution is 2.43. The molecular formula is C30H29NO5. The average Bonchev–Trinajstić information content (AvgIpc) is 2.87. The lowest BCUT2D eigenvalue weighted by molar-refractivity contribution is -0.384. The van der Waals surface area contributed by atoms with Crippen molar-refractivity contribution in [2.24, 2.45) is 0 Å². The van der Waals surface area contributed by atoms with Gasteiger partial charge in [0.05, 0.1) is 10.5 Å². The average molecular weight is 484 g/mol. The Labute approximate surface area is 211 Å². The standard InChI is InChI=1S/C30H29NO5/c1-4-5-20-8-12-25(28(16-20)34-18-21-6-10-24(11-7-21)31(32)33)23-17-22-9-13-27-26(29(22)35-19-23)14-15-30(2,3)36-27/h6-17H,4-5,18-19H2,1-3H3. The number of hydrogen-bond acceptors (Lipinski definition) is 5. The molecule has 0 unspecified atom stereocenters. The third-order valence-corrected chi connectivity index (χ3v) is 6.38. The van der Waals surface area contributed by atoms with E-state index in [1.54, 1.807) is 12.1 Å². The number of benzene rings is 3. The van der Waals surface area contributed by atoms with Gasteiger partial charge in [-0.1, -0.05) is 25.5 Å². The molecule has 0 saturated heterocycles. The van der Waals surface area contributed by atoms with Crippen LogP contribution in [0.15, 0.2) is 60.7 Å². The molecule has 0 amide bonds. The molecule has 36 heavy (non-hydrogen) atoms. The highest BCUT2D eigenvalue weighted by atomic mass is 16.6. The van der Waals surface area contributed by atoms with E-state index in [0.717, 1.165) is 57.9 Å². The predicted molar refractivity (Wildman–Crippen MR) is 141 cm³/mol. The molecule has 184 valence electrons. The fourth-order valence-corrected chi connectivity index (χ4v) is 4.53. The highest BCUT2D eigenvalue weighted by Gasteiger charge is 2.27. The van der Waals surface area contributed by atoms with Gasteiger partial charge in [-0.15, -0.1) is 0 Å². The number of fused-ring (bicyclic) bond motifs is 3. The molecule has 0 bridgehead atoms. The van der Waals surface area contributed by atoms with Gasteiger partial charge in [-0.05, 0) is 80.0 Å². The minimum atomic E-state index is -0.399. The second kappa shape index (κ2) is 9.53. The Morgan fingerprint density at radius 2 is 1.83 bits per heavy atom. The van der Waals surface area contributed by atoms with Crippen LogP contribution in [0.3, 0.4) is 0 Å². The molecular weight excluding hydrogens is 454 g/mol. The summed E-state index contributed by atoms with van der Waals surface area (Å²) in [7, 11) is 0. The van der Waals surface area contributed by atoms with Crippen LogP contribution in [0.4, 0.5) is 5.69 Å². The van der Waals surface area contributed by atoms with E-state index in [0.29, 0.717) is 13.2 Å². The Morgan fingerprint density at radius 1 is 1.06 bits per heavy atom. The summed E-state index contributed by atoms with van der Waals surface area (Å²) in [5.74, 6) is 2.44. The van der Waals surface area contributed by atoms with Gasteiger partial charge in [0, 0.05) is 28.8 Å². The maximum absolute atomic E-state index is 11.0. The zero-order valence-corrected chi connectivity index (χ0v) is 20.7. The largest absolute Gasteiger partial charge is 0.488 e. The predicted octanol–water partition coefficient (Wildman–Crippen LogP) is 7.24. The van der Waals surface area contributed by atoms with Crippen LogP contribution < -0.4 is 14.2 Å². The summed E-state index contributed by atoms with van der Waals surface area (Å²) in [5.41, 5.74) is 5.78. The smallest absolute Gasteiger partial charge is 0.269 e. The van der Waals surface area contributed by atoms with Crippen molar-refractivity contribution in [1.29, 1.82) is 0 Å². The van der Waals surface area contributed by atoms with Crippen LogP contribution in [0.1, 0.15) is 55.0 Å². The highest BCUT2D eigenvalue weighted by molar-refractivity contribution is 5.89. The summed E-state index contributed by atoms with van der Waals surface area (Å²) < 4.78 is 18.6. The first kappa shape index (κ1) is 23.7. The summed E-state index contributed by atoms with van der Waals surface area (Å²) in [5, 5.41) is 11.0. The van der Waals surface area contributed by atoms with E-state index in [2.05, 4.69) is 43.4 Å². The molecule has 3 aromatic carbocycles. The molecule has 0 fully saturated rings. The summed E-state index contributed by atoms with van der Waals surface area (Å²) >= 11 is 0. The molecule has 2 heterocycles. The Hall–Kier alpha value is -4.06. The van der Waals surface area contributed by atoms with E-state index in [1.807, 2.05) is 26.0 Å². The number of nitro groups is 1. The van der Waals surface area contributed by atoms with E-state index in [9.17, 15) is 10.1 Å². The normalized spacial score (nSPS) is 15.1. The van der Waals surface area contributed by atoms with E-state index < -0.39 is 4.92 Å². The Balaban J connectivity index is 1.45. The Bertz CT molecular complexity index is 1370. The van der Waals surface area contributed by atoms with Gasteiger partial charge in [0.1, 0.15) is 36.1 Å². The second-order valence-electron chi connectivity index (χ2n) is 9.69. The van der Waals surface area contributed by atoms with Gasteiger partial charge in [0.25, 0.3) is 5.69 Å². The first-order valence-corrected chi connectivity index (χ1v) is 12.2. The summed E-state index contributed by atoms with van der Waals surface area (Å²) in [6.07, 6.45) is 8.28. The molecule has 6 heteroatoms. The summed E-state index contributed by atoms with van der Waals surface area (Å²) in [6, 6.07) is 16.8. The van der Waals surface area contributed by atoms with E-state index >= 15 is 0 Å². The second-order valence-corrected chi connectivity index (χ2v) is 9.69. The van der Waals surface area contributed by atoms with Crippen LogP contribution in [0.5, 0.6) is 17.2 Å². The fraction of sp³-hybridized carbons (Fsp3) is 0.267. The molecule has 0 aliphatic carbocycles. The zero-order valence-electron chi connectivity index (χ0n) is 20.7. The lowest BCUT2D eigenvalue weighted by Gasteiger charge is -2.30. The molecule has 0 saturated carbocycles. The number of ether oxygens (including phenoxy) is 3. The third-order valence-electron chi connectivity index (χ3n) is 6.38. The summed E-state index contributed by atoms with van der Waals surface area (Å²) in [6.45, 7) is 6.95. The van der Waals surface area contributed by atoms with E-state index in [4.69, 9.17) is 14.2 Å². The van der Waals surface area contributed by atoms with Gasteiger partial charge in [-0.2, -0.15) is 0 Å². The van der Waals surface area contributed by atoms with Crippen LogP contribution in [0.25, 0.3) is 17.7 Å². The molecule has 2 aliphatic rings. The first-order chi connectivity index (χ1) is 17.3. The Kier molecular flexibility index (Phi) is 6.27. The monoisotopic (exact) mass is 483 g/mol. The topological polar surface area (TPSA) is 70.8 Å². The molecule has 2 aliphatic heterocycles. The van der Waals surface area contributed by atoms with Crippen molar-refractivity contribution in [2.75, 3.05) is 6.61 Å². The molecule has 0 radical (unpaired) electrons. The van der Waals surface area contributed by atoms with E-state index in [-0.39, 0.29) is 11.3 Å². The number of hydrogen-bond donors (Lipinski definition) is 0. The molecule has 6 nitrogen and oxygen atoms in total. The minimum Gasteiger partial charge on any atom is -0.488 e. The lowest BCUT2D eigenvalue weighted by Crippen LogP contribution is -2.27. The molecule has 0 aromatic heterocycles. The van der Waals surface area contributed by atoms with Crippen molar-refractivity contribution in [3.8, 4) is 17.2 Å². The molecule has 0 N–H and O–H groups in total. The third kappa shape index (κ3) is 4.85. The van der Waals surface area contributed by atoms with Gasteiger partial charge >= 0.3 is 0 Å². The maximum atomic E-state index is 11.0. The van der Waals surface area contributed by atoms with Crippen molar-refractivity contribution < 1.29 is 19.1 Å². The fourth-order valence-electron chi connectivity index (χ4n) is 4.53. The van der Waals surface area contributed by atoms with Gasteiger partial charge in [0.15, 0.2) is 0 Å². The van der Waals surface area contributed by atoms with Crippen molar-refractivity contribution in [2.45, 2.75) is 45.8 Å². The maximum Gasteiger partial charge on any atom is 0.269 e. The summed E-state index contributed by atoms with van der Waals surface area (Å²) in [4.78, 5) is 10.6. The molecule has 0 atom stereocenters. The number of nitrogens with zero attached hydrogens (tertiary/aromatic N) is 1. The SMILES string of the molecule is CCCc1ccc(C2=Cc3ccc4c(c3OC2)C=CC(C)(C)O4)c(OCc2ccc([N+](=O)[O-])cc2)c1. The molecule has 0 spiro atoms. The number of aryl methyl sites for hydroxylation is 1. The van der Waals surface area contributed by atoms with Crippen molar-refractivity contribution >= 4 is 23.4 Å². The van der Waals surface area contributed by atoms with Crippen LogP contribution in [0, 0.1) is 10.1 Å².